The summed E-state index contributed by atoms with van der Waals surface area (Å²) in [6.07, 6.45) is 0. The van der Waals surface area contributed by atoms with E-state index in [0.29, 0.717) is 32.9 Å². The monoisotopic (exact) mass is 460 g/mol. The first-order valence-electron chi connectivity index (χ1n) is 9.91. The number of rotatable bonds is 6. The predicted molar refractivity (Wildman–Crippen MR) is 125 cm³/mol. The molecule has 6 nitrogen and oxygen atoms in total. The molecule has 0 atom stereocenters. The van der Waals surface area contributed by atoms with Crippen LogP contribution in [0.5, 0.6) is 5.75 Å². The first-order valence-corrected chi connectivity index (χ1v) is 11.3. The van der Waals surface area contributed by atoms with E-state index in [1.54, 1.807) is 46.8 Å². The number of ether oxygens (including phenoxy) is 1. The number of aromatic nitrogens is 3. The van der Waals surface area contributed by atoms with E-state index in [-0.39, 0.29) is 12.4 Å². The zero-order chi connectivity index (χ0) is 21.9. The molecule has 2 heterocycles. The lowest BCUT2D eigenvalue weighted by atomic mass is 10.0. The van der Waals surface area contributed by atoms with Gasteiger partial charge < -0.3 is 4.74 Å². The number of hydrogen-bond acceptors (Lipinski definition) is 6. The number of thioether (sulfide) groups is 1. The van der Waals surface area contributed by atoms with Gasteiger partial charge in [0.15, 0.2) is 11.6 Å². The quantitative estimate of drug-likeness (QED) is 0.374. The van der Waals surface area contributed by atoms with Crippen molar-refractivity contribution in [2.45, 2.75) is 11.8 Å². The van der Waals surface area contributed by atoms with Gasteiger partial charge in [-0.2, -0.15) is 9.78 Å². The van der Waals surface area contributed by atoms with Gasteiger partial charge in [-0.3, -0.25) is 4.79 Å². The van der Waals surface area contributed by atoms with Crippen molar-refractivity contribution in [1.29, 1.82) is 0 Å². The molecule has 5 rings (SSSR count). The fourth-order valence-corrected chi connectivity index (χ4v) is 4.35. The van der Waals surface area contributed by atoms with Crippen LogP contribution < -0.4 is 4.74 Å². The Hall–Kier alpha value is -3.42. The van der Waals surface area contributed by atoms with Gasteiger partial charge in [0.2, 0.25) is 5.16 Å². The van der Waals surface area contributed by atoms with Crippen LogP contribution in [0.3, 0.4) is 0 Å². The Bertz CT molecular complexity index is 1310. The summed E-state index contributed by atoms with van der Waals surface area (Å²) in [6.45, 7) is 0.107. The largest absolute Gasteiger partial charge is 0.485 e. The molecule has 158 valence electrons. The number of ketones is 1. The Morgan fingerprint density at radius 3 is 2.53 bits per heavy atom. The number of fused-ring (bicyclic) bond motifs is 1. The number of halogens is 1. The molecule has 1 aromatic heterocycles. The molecule has 3 aromatic carbocycles. The van der Waals surface area contributed by atoms with Crippen molar-refractivity contribution in [2.75, 3.05) is 5.75 Å². The van der Waals surface area contributed by atoms with Crippen LogP contribution in [0.2, 0.25) is 5.02 Å². The van der Waals surface area contributed by atoms with Crippen LogP contribution in [-0.4, -0.2) is 32.1 Å². The fraction of sp³-hybridized carbons (Fsp3) is 0.0833. The number of nitrogens with zero attached hydrogens (tertiary/aromatic N) is 4. The first kappa shape index (κ1) is 20.5. The van der Waals surface area contributed by atoms with Crippen molar-refractivity contribution >= 4 is 34.9 Å². The third-order valence-electron chi connectivity index (χ3n) is 4.92. The summed E-state index contributed by atoms with van der Waals surface area (Å²) in [4.78, 5) is 13.0. The van der Waals surface area contributed by atoms with Gasteiger partial charge in [0, 0.05) is 16.3 Å². The van der Waals surface area contributed by atoms with Crippen molar-refractivity contribution in [1.82, 2.24) is 14.9 Å². The SMILES string of the molecule is O=C(c1ccccc1)c1cc(Cl)ccc1OCc1nnc2n1N=C(c1ccccc1)CS2. The molecule has 0 saturated heterocycles. The number of hydrogen-bond donors (Lipinski definition) is 0. The van der Waals surface area contributed by atoms with Crippen LogP contribution in [0.25, 0.3) is 0 Å². The Morgan fingerprint density at radius 2 is 1.75 bits per heavy atom. The average molecular weight is 461 g/mol. The zero-order valence-corrected chi connectivity index (χ0v) is 18.4. The lowest BCUT2D eigenvalue weighted by Crippen LogP contribution is -2.15. The first-order chi connectivity index (χ1) is 15.7. The molecule has 0 radical (unpaired) electrons. The van der Waals surface area contributed by atoms with E-state index in [2.05, 4.69) is 10.2 Å². The highest BCUT2D eigenvalue weighted by Gasteiger charge is 2.21. The molecular formula is C24H17ClN4O2S. The van der Waals surface area contributed by atoms with Gasteiger partial charge >= 0.3 is 0 Å². The Balaban J connectivity index is 1.41. The van der Waals surface area contributed by atoms with Crippen LogP contribution in [0, 0.1) is 0 Å². The number of benzene rings is 3. The molecule has 32 heavy (non-hydrogen) atoms. The van der Waals surface area contributed by atoms with E-state index in [4.69, 9.17) is 21.4 Å². The van der Waals surface area contributed by atoms with E-state index in [1.165, 1.54) is 0 Å². The number of carbonyl (C=O) groups is 1. The summed E-state index contributed by atoms with van der Waals surface area (Å²) in [5.74, 6) is 1.53. The molecule has 0 unspecified atom stereocenters. The maximum absolute atomic E-state index is 13.0. The summed E-state index contributed by atoms with van der Waals surface area (Å²) in [5, 5.41) is 14.4. The molecule has 0 spiro atoms. The van der Waals surface area contributed by atoms with E-state index < -0.39 is 0 Å². The molecule has 4 aromatic rings. The third-order valence-corrected chi connectivity index (χ3v) is 6.09. The normalized spacial score (nSPS) is 12.7. The molecule has 0 saturated carbocycles. The highest BCUT2D eigenvalue weighted by atomic mass is 35.5. The van der Waals surface area contributed by atoms with Gasteiger partial charge in [-0.1, -0.05) is 84.0 Å². The van der Waals surface area contributed by atoms with Crippen molar-refractivity contribution in [3.63, 3.8) is 0 Å². The van der Waals surface area contributed by atoms with Gasteiger partial charge in [-0.05, 0) is 23.8 Å². The Labute approximate surface area is 193 Å². The molecule has 0 amide bonds. The smallest absolute Gasteiger partial charge is 0.212 e. The average Bonchev–Trinajstić information content (AvgIpc) is 3.26. The second kappa shape index (κ2) is 8.98. The van der Waals surface area contributed by atoms with Crippen LogP contribution in [0.15, 0.2) is 89.1 Å². The maximum Gasteiger partial charge on any atom is 0.212 e. The summed E-state index contributed by atoms with van der Waals surface area (Å²) in [7, 11) is 0. The van der Waals surface area contributed by atoms with Crippen LogP contribution in [-0.2, 0) is 6.61 Å². The van der Waals surface area contributed by atoms with Crippen LogP contribution in [0.1, 0.15) is 27.3 Å². The van der Waals surface area contributed by atoms with E-state index in [9.17, 15) is 4.79 Å². The lowest BCUT2D eigenvalue weighted by molar-refractivity contribution is 0.103. The van der Waals surface area contributed by atoms with E-state index in [0.717, 1.165) is 17.0 Å². The topological polar surface area (TPSA) is 69.4 Å². The minimum absolute atomic E-state index is 0.107. The standard InChI is InChI=1S/C24H17ClN4O2S/c25-18-11-12-21(19(13-18)23(30)17-9-5-2-6-10-17)31-14-22-26-27-24-29(22)28-20(15-32-24)16-7-3-1-4-8-16/h1-13H,14-15H2. The molecule has 1 aliphatic rings. The molecule has 0 bridgehead atoms. The van der Waals surface area contributed by atoms with Gasteiger partial charge in [0.05, 0.1) is 11.3 Å². The van der Waals surface area contributed by atoms with Crippen molar-refractivity contribution in [3.8, 4) is 5.75 Å². The summed E-state index contributed by atoms with van der Waals surface area (Å²) >= 11 is 7.74. The van der Waals surface area contributed by atoms with Crippen LogP contribution >= 0.6 is 23.4 Å². The van der Waals surface area contributed by atoms with E-state index in [1.807, 2.05) is 48.5 Å². The molecule has 0 N–H and O–H groups in total. The predicted octanol–water partition coefficient (Wildman–Crippen LogP) is 5.10. The lowest BCUT2D eigenvalue weighted by Gasteiger charge is -2.15. The minimum atomic E-state index is -0.161. The molecule has 8 heteroatoms. The second-order valence-corrected chi connectivity index (χ2v) is 8.42. The zero-order valence-electron chi connectivity index (χ0n) is 16.8. The van der Waals surface area contributed by atoms with Crippen molar-refractivity contribution < 1.29 is 9.53 Å². The van der Waals surface area contributed by atoms with Gasteiger partial charge in [-0.25, -0.2) is 0 Å². The minimum Gasteiger partial charge on any atom is -0.485 e. The van der Waals surface area contributed by atoms with Gasteiger partial charge in [-0.15, -0.1) is 10.2 Å². The van der Waals surface area contributed by atoms with Gasteiger partial charge in [0.1, 0.15) is 12.4 Å². The maximum atomic E-state index is 13.0. The van der Waals surface area contributed by atoms with Crippen molar-refractivity contribution in [3.05, 3.63) is 106 Å². The number of carbonyl (C=O) groups excluding carboxylic acids is 1. The molecule has 0 fully saturated rings. The third kappa shape index (κ3) is 4.17. The fourth-order valence-electron chi connectivity index (χ4n) is 3.32. The Morgan fingerprint density at radius 1 is 1.00 bits per heavy atom. The Kier molecular flexibility index (Phi) is 5.75. The van der Waals surface area contributed by atoms with Crippen molar-refractivity contribution in [2.24, 2.45) is 5.10 Å². The molecule has 0 aliphatic carbocycles. The molecular weight excluding hydrogens is 444 g/mol. The van der Waals surface area contributed by atoms with E-state index >= 15 is 0 Å². The highest BCUT2D eigenvalue weighted by molar-refractivity contribution is 7.99. The second-order valence-electron chi connectivity index (χ2n) is 7.04. The highest BCUT2D eigenvalue weighted by Crippen LogP contribution is 2.28. The molecule has 1 aliphatic heterocycles. The van der Waals surface area contributed by atoms with Gasteiger partial charge in [0.25, 0.3) is 0 Å². The summed E-state index contributed by atoms with van der Waals surface area (Å²) in [6, 6.07) is 24.0. The summed E-state index contributed by atoms with van der Waals surface area (Å²) < 4.78 is 7.70. The van der Waals surface area contributed by atoms with Crippen LogP contribution in [0.4, 0.5) is 0 Å². The summed E-state index contributed by atoms with van der Waals surface area (Å²) in [5.41, 5.74) is 2.95.